The maximum Gasteiger partial charge on any atom is 0.238 e. The molecule has 2 aliphatic rings. The van der Waals surface area contributed by atoms with Gasteiger partial charge < -0.3 is 11.1 Å². The molecular formula is C18H28ClN3O. The Morgan fingerprint density at radius 1 is 1.26 bits per heavy atom. The van der Waals surface area contributed by atoms with Crippen molar-refractivity contribution in [1.29, 1.82) is 0 Å². The molecule has 0 bridgehead atoms. The molecule has 1 aromatic carbocycles. The summed E-state index contributed by atoms with van der Waals surface area (Å²) < 4.78 is 0. The van der Waals surface area contributed by atoms with Crippen LogP contribution >= 0.6 is 12.4 Å². The predicted octanol–water partition coefficient (Wildman–Crippen LogP) is 2.67. The van der Waals surface area contributed by atoms with Crippen molar-refractivity contribution in [3.8, 4) is 0 Å². The summed E-state index contributed by atoms with van der Waals surface area (Å²) in [6.45, 7) is 4.62. The molecular weight excluding hydrogens is 310 g/mol. The van der Waals surface area contributed by atoms with Crippen molar-refractivity contribution >= 4 is 24.0 Å². The molecule has 23 heavy (non-hydrogen) atoms. The van der Waals surface area contributed by atoms with Gasteiger partial charge in [0, 0.05) is 24.8 Å². The Morgan fingerprint density at radius 2 is 2.00 bits per heavy atom. The van der Waals surface area contributed by atoms with Gasteiger partial charge in [0.2, 0.25) is 5.91 Å². The molecule has 0 radical (unpaired) electrons. The van der Waals surface area contributed by atoms with E-state index in [9.17, 15) is 4.79 Å². The number of nitrogens with one attached hydrogen (secondary N) is 1. The Hall–Kier alpha value is -1.10. The topological polar surface area (TPSA) is 58.4 Å². The van der Waals surface area contributed by atoms with Gasteiger partial charge in [-0.1, -0.05) is 25.5 Å². The number of halogens is 1. The average molecular weight is 338 g/mol. The molecule has 3 atom stereocenters. The van der Waals surface area contributed by atoms with Crippen LogP contribution in [0.1, 0.15) is 31.7 Å². The van der Waals surface area contributed by atoms with Crippen LogP contribution in [-0.4, -0.2) is 36.5 Å². The van der Waals surface area contributed by atoms with Crippen LogP contribution in [0.3, 0.4) is 0 Å². The molecule has 3 unspecified atom stereocenters. The van der Waals surface area contributed by atoms with Crippen LogP contribution in [0.2, 0.25) is 0 Å². The Kier molecular flexibility index (Phi) is 6.45. The molecule has 1 aliphatic carbocycles. The Bertz CT molecular complexity index is 520. The van der Waals surface area contributed by atoms with Crippen LogP contribution < -0.4 is 11.1 Å². The number of aryl methyl sites for hydroxylation is 1. The lowest BCUT2D eigenvalue weighted by Gasteiger charge is -2.29. The summed E-state index contributed by atoms with van der Waals surface area (Å²) in [6.07, 6.45) is 4.68. The largest absolute Gasteiger partial charge is 0.327 e. The molecule has 3 rings (SSSR count). The van der Waals surface area contributed by atoms with Gasteiger partial charge in [-0.3, -0.25) is 9.69 Å². The molecule has 1 saturated carbocycles. The summed E-state index contributed by atoms with van der Waals surface area (Å²) in [5.41, 5.74) is 8.41. The van der Waals surface area contributed by atoms with Gasteiger partial charge in [-0.2, -0.15) is 0 Å². The van der Waals surface area contributed by atoms with E-state index >= 15 is 0 Å². The van der Waals surface area contributed by atoms with Crippen molar-refractivity contribution in [2.45, 2.75) is 38.6 Å². The summed E-state index contributed by atoms with van der Waals surface area (Å²) in [5, 5.41) is 3.00. The highest BCUT2D eigenvalue weighted by Crippen LogP contribution is 2.35. The number of amides is 1. The maximum atomic E-state index is 12.2. The Morgan fingerprint density at radius 3 is 2.65 bits per heavy atom. The van der Waals surface area contributed by atoms with E-state index in [-0.39, 0.29) is 18.3 Å². The third-order valence-electron chi connectivity index (χ3n) is 5.24. The molecule has 1 aromatic rings. The van der Waals surface area contributed by atoms with Gasteiger partial charge in [-0.15, -0.1) is 12.4 Å². The van der Waals surface area contributed by atoms with Gasteiger partial charge >= 0.3 is 0 Å². The number of rotatable bonds is 4. The van der Waals surface area contributed by atoms with Crippen LogP contribution in [0.5, 0.6) is 0 Å². The first-order valence-electron chi connectivity index (χ1n) is 8.52. The highest BCUT2D eigenvalue weighted by Gasteiger charge is 2.38. The molecule has 128 valence electrons. The van der Waals surface area contributed by atoms with E-state index in [2.05, 4.69) is 29.3 Å². The second-order valence-electron chi connectivity index (χ2n) is 6.81. The lowest BCUT2D eigenvalue weighted by molar-refractivity contribution is -0.117. The molecule has 1 saturated heterocycles. The molecule has 1 amide bonds. The monoisotopic (exact) mass is 337 g/mol. The Balaban J connectivity index is 0.00000192. The average Bonchev–Trinajstić information content (AvgIpc) is 2.92. The first-order valence-corrected chi connectivity index (χ1v) is 8.52. The highest BCUT2D eigenvalue weighted by atomic mass is 35.5. The molecule has 4 nitrogen and oxygen atoms in total. The smallest absolute Gasteiger partial charge is 0.238 e. The Labute approximate surface area is 145 Å². The number of fused-ring (bicyclic) bond motifs is 1. The molecule has 1 heterocycles. The standard InChI is InChI=1S/C18H27N3O.ClH/c1-2-13-6-8-15(9-7-13)20-18(22)12-21-10-14-4-3-5-17(19)16(14)11-21;/h6-9,14,16-17H,2-5,10-12,19H2,1H3,(H,20,22);1H. The van der Waals surface area contributed by atoms with Gasteiger partial charge in [0.05, 0.1) is 6.54 Å². The second kappa shape index (κ2) is 8.13. The molecule has 3 N–H and O–H groups in total. The lowest BCUT2D eigenvalue weighted by atomic mass is 9.78. The predicted molar refractivity (Wildman–Crippen MR) is 96.9 cm³/mol. The lowest BCUT2D eigenvalue weighted by Crippen LogP contribution is -2.38. The summed E-state index contributed by atoms with van der Waals surface area (Å²) in [4.78, 5) is 14.5. The summed E-state index contributed by atoms with van der Waals surface area (Å²) in [7, 11) is 0. The fourth-order valence-electron chi connectivity index (χ4n) is 3.97. The second-order valence-corrected chi connectivity index (χ2v) is 6.81. The quantitative estimate of drug-likeness (QED) is 0.888. The van der Waals surface area contributed by atoms with E-state index in [1.165, 1.54) is 18.4 Å². The minimum absolute atomic E-state index is 0. The van der Waals surface area contributed by atoms with Crippen LogP contribution in [-0.2, 0) is 11.2 Å². The van der Waals surface area contributed by atoms with Crippen molar-refractivity contribution < 1.29 is 4.79 Å². The van der Waals surface area contributed by atoms with Crippen molar-refractivity contribution in [2.24, 2.45) is 17.6 Å². The minimum atomic E-state index is 0. The van der Waals surface area contributed by atoms with E-state index in [0.717, 1.165) is 31.6 Å². The number of hydrogen-bond acceptors (Lipinski definition) is 3. The number of anilines is 1. The van der Waals surface area contributed by atoms with Crippen LogP contribution in [0.25, 0.3) is 0 Å². The van der Waals surface area contributed by atoms with Gasteiger partial charge in [0.25, 0.3) is 0 Å². The highest BCUT2D eigenvalue weighted by molar-refractivity contribution is 5.92. The molecule has 5 heteroatoms. The van der Waals surface area contributed by atoms with Gasteiger partial charge in [-0.05, 0) is 48.8 Å². The van der Waals surface area contributed by atoms with Gasteiger partial charge in [0.15, 0.2) is 0 Å². The van der Waals surface area contributed by atoms with Crippen molar-refractivity contribution in [2.75, 3.05) is 25.0 Å². The molecule has 0 spiro atoms. The SMILES string of the molecule is CCc1ccc(NC(=O)CN2CC3CCCC(N)C3C2)cc1.Cl. The number of carbonyl (C=O) groups excluding carboxylic acids is 1. The van der Waals surface area contributed by atoms with Crippen LogP contribution in [0.4, 0.5) is 5.69 Å². The minimum Gasteiger partial charge on any atom is -0.327 e. The number of nitrogens with zero attached hydrogens (tertiary/aromatic N) is 1. The molecule has 2 fully saturated rings. The number of likely N-dealkylation sites (tertiary alicyclic amines) is 1. The number of hydrogen-bond donors (Lipinski definition) is 2. The van der Waals surface area contributed by atoms with E-state index in [1.54, 1.807) is 0 Å². The summed E-state index contributed by atoms with van der Waals surface area (Å²) >= 11 is 0. The van der Waals surface area contributed by atoms with E-state index in [4.69, 9.17) is 5.73 Å². The van der Waals surface area contributed by atoms with Crippen molar-refractivity contribution in [3.05, 3.63) is 29.8 Å². The number of benzene rings is 1. The molecule has 0 aromatic heterocycles. The fraction of sp³-hybridized carbons (Fsp3) is 0.611. The van der Waals surface area contributed by atoms with E-state index in [0.29, 0.717) is 24.4 Å². The van der Waals surface area contributed by atoms with Crippen LogP contribution in [0, 0.1) is 11.8 Å². The summed E-state index contributed by atoms with van der Waals surface area (Å²) in [5.74, 6) is 1.36. The zero-order valence-electron chi connectivity index (χ0n) is 13.8. The third-order valence-corrected chi connectivity index (χ3v) is 5.24. The normalized spacial score (nSPS) is 27.1. The molecule has 1 aliphatic heterocycles. The zero-order chi connectivity index (χ0) is 15.5. The maximum absolute atomic E-state index is 12.2. The summed E-state index contributed by atoms with van der Waals surface area (Å²) in [6, 6.07) is 8.43. The van der Waals surface area contributed by atoms with E-state index in [1.807, 2.05) is 12.1 Å². The van der Waals surface area contributed by atoms with Gasteiger partial charge in [0.1, 0.15) is 0 Å². The van der Waals surface area contributed by atoms with Crippen LogP contribution in [0.15, 0.2) is 24.3 Å². The first-order chi connectivity index (χ1) is 10.7. The zero-order valence-corrected chi connectivity index (χ0v) is 14.6. The van der Waals surface area contributed by atoms with Gasteiger partial charge in [-0.25, -0.2) is 0 Å². The van der Waals surface area contributed by atoms with E-state index < -0.39 is 0 Å². The third kappa shape index (κ3) is 4.46. The number of nitrogens with two attached hydrogens (primary N) is 1. The van der Waals surface area contributed by atoms with Crippen molar-refractivity contribution in [3.63, 3.8) is 0 Å². The van der Waals surface area contributed by atoms with Crippen molar-refractivity contribution in [1.82, 2.24) is 4.90 Å². The fourth-order valence-corrected chi connectivity index (χ4v) is 3.97. The number of carbonyl (C=O) groups is 1. The first kappa shape index (κ1) is 18.2.